The van der Waals surface area contributed by atoms with Crippen LogP contribution in [-0.4, -0.2) is 45.2 Å². The number of rotatable bonds is 6. The molecular formula is C13H19NO3. The Morgan fingerprint density at radius 2 is 1.94 bits per heavy atom. The smallest absolute Gasteiger partial charge is 0.339 e. The number of hydrogen-bond acceptors (Lipinski definition) is 4. The Balaban J connectivity index is 2.53. The number of nitrogens with zero attached hydrogens (tertiary/aromatic N) is 1. The van der Waals surface area contributed by atoms with Gasteiger partial charge in [-0.05, 0) is 19.7 Å². The molecule has 0 aromatic heterocycles. The SMILES string of the molecule is COC(C(=O)OCCN(C)C)c1ccccc1. The molecule has 0 aliphatic carbocycles. The summed E-state index contributed by atoms with van der Waals surface area (Å²) in [5, 5.41) is 0. The van der Waals surface area contributed by atoms with E-state index in [0.29, 0.717) is 13.2 Å². The fraction of sp³-hybridized carbons (Fsp3) is 0.462. The van der Waals surface area contributed by atoms with E-state index in [9.17, 15) is 4.79 Å². The van der Waals surface area contributed by atoms with Gasteiger partial charge in [0.2, 0.25) is 0 Å². The number of benzene rings is 1. The zero-order valence-corrected chi connectivity index (χ0v) is 10.6. The molecule has 0 amide bonds. The van der Waals surface area contributed by atoms with Crippen molar-refractivity contribution in [2.75, 3.05) is 34.4 Å². The largest absolute Gasteiger partial charge is 0.462 e. The van der Waals surface area contributed by atoms with Crippen LogP contribution in [0.2, 0.25) is 0 Å². The Bertz CT molecular complexity index is 338. The monoisotopic (exact) mass is 237 g/mol. The van der Waals surface area contributed by atoms with Crippen molar-refractivity contribution in [1.82, 2.24) is 4.90 Å². The molecule has 0 saturated heterocycles. The minimum atomic E-state index is -0.640. The third kappa shape index (κ3) is 4.54. The first-order valence-corrected chi connectivity index (χ1v) is 5.54. The predicted octanol–water partition coefficient (Wildman–Crippen LogP) is 1.48. The van der Waals surface area contributed by atoms with Crippen LogP contribution in [-0.2, 0) is 14.3 Å². The second-order valence-electron chi connectivity index (χ2n) is 4.00. The van der Waals surface area contributed by atoms with Crippen LogP contribution in [0.15, 0.2) is 30.3 Å². The standard InChI is InChI=1S/C13H19NO3/c1-14(2)9-10-17-13(15)12(16-3)11-7-5-4-6-8-11/h4-8,12H,9-10H2,1-3H3. The first-order chi connectivity index (χ1) is 8.15. The molecule has 1 unspecified atom stereocenters. The summed E-state index contributed by atoms with van der Waals surface area (Å²) in [4.78, 5) is 13.7. The second kappa shape index (κ2) is 7.04. The van der Waals surface area contributed by atoms with Gasteiger partial charge in [-0.3, -0.25) is 0 Å². The van der Waals surface area contributed by atoms with E-state index in [-0.39, 0.29) is 5.97 Å². The number of carbonyl (C=O) groups is 1. The molecule has 1 atom stereocenters. The summed E-state index contributed by atoms with van der Waals surface area (Å²) in [6.45, 7) is 1.08. The molecule has 4 nitrogen and oxygen atoms in total. The van der Waals surface area contributed by atoms with Crippen molar-refractivity contribution in [3.8, 4) is 0 Å². The lowest BCUT2D eigenvalue weighted by molar-refractivity contribution is -0.156. The summed E-state index contributed by atoms with van der Waals surface area (Å²) in [5.41, 5.74) is 0.810. The van der Waals surface area contributed by atoms with E-state index in [1.165, 1.54) is 7.11 Å². The molecule has 0 spiro atoms. The maximum Gasteiger partial charge on any atom is 0.339 e. The van der Waals surface area contributed by atoms with E-state index in [1.807, 2.05) is 49.3 Å². The molecule has 0 saturated carbocycles. The Hall–Kier alpha value is -1.39. The van der Waals surface area contributed by atoms with Crippen LogP contribution < -0.4 is 0 Å². The van der Waals surface area contributed by atoms with Gasteiger partial charge in [0.15, 0.2) is 6.10 Å². The van der Waals surface area contributed by atoms with E-state index in [1.54, 1.807) is 0 Å². The number of methoxy groups -OCH3 is 1. The Labute approximate surface area is 102 Å². The third-order valence-corrected chi connectivity index (χ3v) is 2.33. The van der Waals surface area contributed by atoms with Crippen molar-refractivity contribution in [1.29, 1.82) is 0 Å². The van der Waals surface area contributed by atoms with Gasteiger partial charge in [0.1, 0.15) is 6.61 Å². The number of likely N-dealkylation sites (N-methyl/N-ethyl adjacent to an activating group) is 1. The van der Waals surface area contributed by atoms with Crippen molar-refractivity contribution in [3.63, 3.8) is 0 Å². The lowest BCUT2D eigenvalue weighted by atomic mass is 10.1. The molecule has 4 heteroatoms. The van der Waals surface area contributed by atoms with Crippen LogP contribution in [0.3, 0.4) is 0 Å². The van der Waals surface area contributed by atoms with Gasteiger partial charge in [-0.25, -0.2) is 4.79 Å². The van der Waals surface area contributed by atoms with Crippen LogP contribution in [0.5, 0.6) is 0 Å². The van der Waals surface area contributed by atoms with E-state index in [4.69, 9.17) is 9.47 Å². The van der Waals surface area contributed by atoms with Gasteiger partial charge in [0.05, 0.1) is 0 Å². The van der Waals surface area contributed by atoms with Crippen molar-refractivity contribution >= 4 is 5.97 Å². The average molecular weight is 237 g/mol. The molecule has 0 fully saturated rings. The molecule has 0 heterocycles. The molecule has 0 bridgehead atoms. The van der Waals surface area contributed by atoms with E-state index < -0.39 is 6.10 Å². The molecule has 17 heavy (non-hydrogen) atoms. The van der Waals surface area contributed by atoms with Gasteiger partial charge in [-0.1, -0.05) is 30.3 Å². The lowest BCUT2D eigenvalue weighted by Gasteiger charge is -2.16. The zero-order chi connectivity index (χ0) is 12.7. The summed E-state index contributed by atoms with van der Waals surface area (Å²) in [6, 6.07) is 9.33. The summed E-state index contributed by atoms with van der Waals surface area (Å²) in [6.07, 6.45) is -0.640. The zero-order valence-electron chi connectivity index (χ0n) is 10.6. The maximum atomic E-state index is 11.8. The molecule has 1 aromatic carbocycles. The number of ether oxygens (including phenoxy) is 2. The number of hydrogen-bond donors (Lipinski definition) is 0. The molecule has 0 N–H and O–H groups in total. The van der Waals surface area contributed by atoms with Gasteiger partial charge in [0, 0.05) is 13.7 Å². The average Bonchev–Trinajstić information content (AvgIpc) is 2.31. The van der Waals surface area contributed by atoms with Crippen molar-refractivity contribution in [3.05, 3.63) is 35.9 Å². The van der Waals surface area contributed by atoms with E-state index in [2.05, 4.69) is 0 Å². The fourth-order valence-electron chi connectivity index (χ4n) is 1.40. The summed E-state index contributed by atoms with van der Waals surface area (Å²) >= 11 is 0. The van der Waals surface area contributed by atoms with Crippen molar-refractivity contribution in [2.24, 2.45) is 0 Å². The highest BCUT2D eigenvalue weighted by molar-refractivity contribution is 5.76. The van der Waals surface area contributed by atoms with E-state index >= 15 is 0 Å². The van der Waals surface area contributed by atoms with Crippen LogP contribution in [0.1, 0.15) is 11.7 Å². The Morgan fingerprint density at radius 3 is 2.47 bits per heavy atom. The minimum Gasteiger partial charge on any atom is -0.462 e. The van der Waals surface area contributed by atoms with Crippen LogP contribution in [0.4, 0.5) is 0 Å². The molecule has 0 radical (unpaired) electrons. The van der Waals surface area contributed by atoms with E-state index in [0.717, 1.165) is 5.56 Å². The van der Waals surface area contributed by atoms with Crippen molar-refractivity contribution < 1.29 is 14.3 Å². The highest BCUT2D eigenvalue weighted by atomic mass is 16.6. The third-order valence-electron chi connectivity index (χ3n) is 2.33. The normalized spacial score (nSPS) is 12.5. The van der Waals surface area contributed by atoms with Crippen LogP contribution >= 0.6 is 0 Å². The first-order valence-electron chi connectivity index (χ1n) is 5.54. The quantitative estimate of drug-likeness (QED) is 0.702. The molecule has 94 valence electrons. The lowest BCUT2D eigenvalue weighted by Crippen LogP contribution is -2.23. The van der Waals surface area contributed by atoms with Gasteiger partial charge in [0.25, 0.3) is 0 Å². The minimum absolute atomic E-state index is 0.347. The topological polar surface area (TPSA) is 38.8 Å². The summed E-state index contributed by atoms with van der Waals surface area (Å²) in [5.74, 6) is -0.347. The molecule has 0 aliphatic rings. The first kappa shape index (κ1) is 13.7. The second-order valence-corrected chi connectivity index (χ2v) is 4.00. The van der Waals surface area contributed by atoms with Crippen molar-refractivity contribution in [2.45, 2.75) is 6.10 Å². The van der Waals surface area contributed by atoms with Gasteiger partial charge in [-0.2, -0.15) is 0 Å². The molecular weight excluding hydrogens is 218 g/mol. The Morgan fingerprint density at radius 1 is 1.29 bits per heavy atom. The van der Waals surface area contributed by atoms with Crippen LogP contribution in [0.25, 0.3) is 0 Å². The highest BCUT2D eigenvalue weighted by Gasteiger charge is 2.21. The van der Waals surface area contributed by atoms with Crippen LogP contribution in [0, 0.1) is 0 Å². The summed E-state index contributed by atoms with van der Waals surface area (Å²) < 4.78 is 10.3. The van der Waals surface area contributed by atoms with Gasteiger partial charge >= 0.3 is 5.97 Å². The Kier molecular flexibility index (Phi) is 5.66. The maximum absolute atomic E-state index is 11.8. The predicted molar refractivity (Wildman–Crippen MR) is 65.7 cm³/mol. The number of carbonyl (C=O) groups excluding carboxylic acids is 1. The molecule has 1 rings (SSSR count). The van der Waals surface area contributed by atoms with Gasteiger partial charge < -0.3 is 14.4 Å². The fourth-order valence-corrected chi connectivity index (χ4v) is 1.40. The van der Waals surface area contributed by atoms with Gasteiger partial charge in [-0.15, -0.1) is 0 Å². The summed E-state index contributed by atoms with van der Waals surface area (Å²) in [7, 11) is 5.36. The highest BCUT2D eigenvalue weighted by Crippen LogP contribution is 2.17. The number of esters is 1. The molecule has 1 aromatic rings. The molecule has 0 aliphatic heterocycles.